The van der Waals surface area contributed by atoms with Crippen molar-refractivity contribution in [1.82, 2.24) is 14.8 Å². The van der Waals surface area contributed by atoms with E-state index >= 15 is 0 Å². The van der Waals surface area contributed by atoms with Crippen LogP contribution in [0.15, 0.2) is 41.9 Å². The molecule has 0 aliphatic carbocycles. The number of nitro benzene ring substituents is 1. The number of carbonyl (C=O) groups excluding carboxylic acids is 1. The Bertz CT molecular complexity index is 871. The molecule has 0 saturated carbocycles. The monoisotopic (exact) mass is 343 g/mol. The van der Waals surface area contributed by atoms with Crippen molar-refractivity contribution < 1.29 is 14.5 Å². The molecule has 1 aliphatic rings. The zero-order valence-electron chi connectivity index (χ0n) is 14.0. The Kier molecular flexibility index (Phi) is 4.22. The molecule has 130 valence electrons. The largest absolute Gasteiger partial charge is 0.459 e. The van der Waals surface area contributed by atoms with Crippen LogP contribution in [0.25, 0.3) is 0 Å². The molecule has 1 N–H and O–H groups in total. The molecule has 9 nitrogen and oxygen atoms in total. The molecule has 25 heavy (non-hydrogen) atoms. The van der Waals surface area contributed by atoms with Crippen LogP contribution in [0.5, 0.6) is 0 Å². The van der Waals surface area contributed by atoms with Gasteiger partial charge in [-0.05, 0) is 26.8 Å². The average molecular weight is 343 g/mol. The van der Waals surface area contributed by atoms with E-state index in [9.17, 15) is 14.9 Å². The number of esters is 1. The van der Waals surface area contributed by atoms with Crippen LogP contribution in [-0.4, -0.2) is 31.8 Å². The number of rotatable bonds is 4. The van der Waals surface area contributed by atoms with Gasteiger partial charge in [-0.1, -0.05) is 12.1 Å². The topological polar surface area (TPSA) is 112 Å². The molecule has 0 radical (unpaired) electrons. The van der Waals surface area contributed by atoms with Gasteiger partial charge in [0.2, 0.25) is 5.95 Å². The lowest BCUT2D eigenvalue weighted by Crippen LogP contribution is -2.31. The van der Waals surface area contributed by atoms with Crippen LogP contribution < -0.4 is 5.32 Å². The van der Waals surface area contributed by atoms with Gasteiger partial charge in [0.25, 0.3) is 5.69 Å². The van der Waals surface area contributed by atoms with Crippen LogP contribution in [-0.2, 0) is 9.53 Å². The van der Waals surface area contributed by atoms with Gasteiger partial charge < -0.3 is 10.1 Å². The summed E-state index contributed by atoms with van der Waals surface area (Å²) in [6, 6.07) is 5.46. The molecule has 0 fully saturated rings. The minimum absolute atomic E-state index is 0.0986. The van der Waals surface area contributed by atoms with E-state index in [0.29, 0.717) is 17.2 Å². The number of carbonyl (C=O) groups is 1. The van der Waals surface area contributed by atoms with Crippen LogP contribution in [0.1, 0.15) is 32.4 Å². The van der Waals surface area contributed by atoms with Gasteiger partial charge in [0.15, 0.2) is 0 Å². The highest BCUT2D eigenvalue weighted by Gasteiger charge is 2.37. The number of hydrogen-bond donors (Lipinski definition) is 1. The van der Waals surface area contributed by atoms with Crippen molar-refractivity contribution in [1.29, 1.82) is 0 Å². The maximum Gasteiger partial charge on any atom is 0.338 e. The maximum atomic E-state index is 12.7. The number of allylic oxidation sites excluding steroid dienone is 1. The molecular weight excluding hydrogens is 326 g/mol. The summed E-state index contributed by atoms with van der Waals surface area (Å²) in [5, 5.41) is 18.6. The quantitative estimate of drug-likeness (QED) is 0.515. The number of fused-ring (bicyclic) bond motifs is 1. The minimum Gasteiger partial charge on any atom is -0.459 e. The normalized spacial score (nSPS) is 16.4. The van der Waals surface area contributed by atoms with Crippen molar-refractivity contribution in [3.05, 3.63) is 57.5 Å². The molecule has 0 amide bonds. The van der Waals surface area contributed by atoms with Gasteiger partial charge in [0.05, 0.1) is 22.2 Å². The van der Waals surface area contributed by atoms with Crippen LogP contribution in [0.4, 0.5) is 11.6 Å². The fraction of sp³-hybridized carbons (Fsp3) is 0.312. The number of anilines is 1. The lowest BCUT2D eigenvalue weighted by molar-refractivity contribution is -0.385. The van der Waals surface area contributed by atoms with Crippen LogP contribution in [0.3, 0.4) is 0 Å². The van der Waals surface area contributed by atoms with Crippen molar-refractivity contribution in [3.8, 4) is 0 Å². The molecule has 1 aromatic heterocycles. The zero-order valence-corrected chi connectivity index (χ0v) is 14.0. The Balaban J connectivity index is 2.20. The van der Waals surface area contributed by atoms with E-state index in [1.165, 1.54) is 17.1 Å². The molecule has 1 aliphatic heterocycles. The summed E-state index contributed by atoms with van der Waals surface area (Å²) in [7, 11) is 0. The van der Waals surface area contributed by atoms with Crippen molar-refractivity contribution >= 4 is 17.6 Å². The van der Waals surface area contributed by atoms with Crippen LogP contribution in [0.2, 0.25) is 0 Å². The Morgan fingerprint density at radius 3 is 2.80 bits per heavy atom. The first-order valence-electron chi connectivity index (χ1n) is 7.71. The first-order valence-corrected chi connectivity index (χ1v) is 7.71. The van der Waals surface area contributed by atoms with Gasteiger partial charge >= 0.3 is 5.97 Å². The van der Waals surface area contributed by atoms with E-state index in [-0.39, 0.29) is 17.4 Å². The fourth-order valence-electron chi connectivity index (χ4n) is 2.81. The number of hydrogen-bond acceptors (Lipinski definition) is 7. The predicted molar refractivity (Wildman–Crippen MR) is 88.8 cm³/mol. The second-order valence-corrected chi connectivity index (χ2v) is 5.86. The third-order valence-corrected chi connectivity index (χ3v) is 3.79. The highest BCUT2D eigenvalue weighted by atomic mass is 16.6. The lowest BCUT2D eigenvalue weighted by Gasteiger charge is -2.28. The van der Waals surface area contributed by atoms with Gasteiger partial charge in [-0.3, -0.25) is 10.1 Å². The fourth-order valence-corrected chi connectivity index (χ4v) is 2.81. The molecule has 0 saturated heterocycles. The average Bonchev–Trinajstić information content (AvgIpc) is 3.00. The Morgan fingerprint density at radius 2 is 2.12 bits per heavy atom. The SMILES string of the molecule is CC1=C(C(=O)OC(C)C)[C@H](c2ccccc2[N+](=O)[O-])n2ncnc2N1. The van der Waals surface area contributed by atoms with E-state index in [4.69, 9.17) is 4.74 Å². The third-order valence-electron chi connectivity index (χ3n) is 3.79. The second-order valence-electron chi connectivity index (χ2n) is 5.86. The van der Waals surface area contributed by atoms with Gasteiger partial charge in [0.1, 0.15) is 12.4 Å². The van der Waals surface area contributed by atoms with Crippen molar-refractivity contribution in [2.75, 3.05) is 5.32 Å². The molecule has 1 atom stereocenters. The molecule has 9 heteroatoms. The summed E-state index contributed by atoms with van der Waals surface area (Å²) >= 11 is 0. The van der Waals surface area contributed by atoms with Gasteiger partial charge in [-0.25, -0.2) is 9.48 Å². The van der Waals surface area contributed by atoms with Crippen LogP contribution in [0, 0.1) is 10.1 Å². The number of para-hydroxylation sites is 1. The molecule has 2 aromatic rings. The summed E-state index contributed by atoms with van der Waals surface area (Å²) < 4.78 is 6.79. The Hall–Kier alpha value is -3.23. The molecular formula is C16H17N5O4. The summed E-state index contributed by atoms with van der Waals surface area (Å²) in [5.41, 5.74) is 1.03. The smallest absolute Gasteiger partial charge is 0.338 e. The number of aromatic nitrogens is 3. The van der Waals surface area contributed by atoms with Gasteiger partial charge in [0, 0.05) is 11.8 Å². The van der Waals surface area contributed by atoms with Crippen LogP contribution >= 0.6 is 0 Å². The predicted octanol–water partition coefficient (Wildman–Crippen LogP) is 2.43. The van der Waals surface area contributed by atoms with Gasteiger partial charge in [-0.15, -0.1) is 0 Å². The number of nitrogens with zero attached hydrogens (tertiary/aromatic N) is 4. The van der Waals surface area contributed by atoms with Crippen molar-refractivity contribution in [2.45, 2.75) is 32.9 Å². The standard InChI is InChI=1S/C16H17N5O4/c1-9(2)25-15(22)13-10(3)19-16-17-8-18-20(16)14(13)11-6-4-5-7-12(11)21(23)24/h4-9,14H,1-3H3,(H,17,18,19)/t14-/m0/s1. The molecule has 0 spiro atoms. The van der Waals surface area contributed by atoms with E-state index < -0.39 is 16.9 Å². The summed E-state index contributed by atoms with van der Waals surface area (Å²) in [6.07, 6.45) is 1.00. The summed E-state index contributed by atoms with van der Waals surface area (Å²) in [4.78, 5) is 27.7. The van der Waals surface area contributed by atoms with E-state index in [0.717, 1.165) is 0 Å². The Labute approximate surface area is 143 Å². The zero-order chi connectivity index (χ0) is 18.1. The number of benzene rings is 1. The number of ether oxygens (including phenoxy) is 1. The highest BCUT2D eigenvalue weighted by molar-refractivity contribution is 5.92. The molecule has 3 rings (SSSR count). The minimum atomic E-state index is -0.799. The van der Waals surface area contributed by atoms with E-state index in [1.54, 1.807) is 39.0 Å². The summed E-state index contributed by atoms with van der Waals surface area (Å²) in [5.74, 6) is -0.147. The second kappa shape index (κ2) is 6.34. The number of nitro groups is 1. The van der Waals surface area contributed by atoms with Crippen molar-refractivity contribution in [2.24, 2.45) is 0 Å². The van der Waals surface area contributed by atoms with Gasteiger partial charge in [-0.2, -0.15) is 10.1 Å². The highest BCUT2D eigenvalue weighted by Crippen LogP contribution is 2.38. The third kappa shape index (κ3) is 2.95. The first kappa shape index (κ1) is 16.6. The van der Waals surface area contributed by atoms with E-state index in [1.807, 2.05) is 0 Å². The van der Waals surface area contributed by atoms with E-state index in [2.05, 4.69) is 15.4 Å². The lowest BCUT2D eigenvalue weighted by atomic mass is 9.94. The molecule has 0 bridgehead atoms. The van der Waals surface area contributed by atoms with Crippen molar-refractivity contribution in [3.63, 3.8) is 0 Å². The Morgan fingerprint density at radius 1 is 1.40 bits per heavy atom. The molecule has 2 heterocycles. The summed E-state index contributed by atoms with van der Waals surface area (Å²) in [6.45, 7) is 5.19. The first-order chi connectivity index (χ1) is 11.9. The molecule has 1 aromatic carbocycles. The maximum absolute atomic E-state index is 12.7. The molecule has 0 unspecified atom stereocenters. The number of nitrogens with one attached hydrogen (secondary N) is 1.